The van der Waals surface area contributed by atoms with Crippen LogP contribution in [0.5, 0.6) is 0 Å². The highest BCUT2D eigenvalue weighted by molar-refractivity contribution is 6.05. The Balaban J connectivity index is 1.51. The zero-order valence-electron chi connectivity index (χ0n) is 18.4. The number of nitrogens with one attached hydrogen (secondary N) is 2. The molecular weight excluding hydrogens is 423 g/mol. The Morgan fingerprint density at radius 3 is 2.64 bits per heavy atom. The lowest BCUT2D eigenvalue weighted by molar-refractivity contribution is -0.115. The van der Waals surface area contributed by atoms with Crippen molar-refractivity contribution in [2.75, 3.05) is 28.6 Å². The minimum atomic E-state index is -0.403. The molecule has 0 saturated carbocycles. The van der Waals surface area contributed by atoms with Gasteiger partial charge in [-0.25, -0.2) is 4.39 Å². The van der Waals surface area contributed by atoms with Crippen LogP contribution in [0.3, 0.4) is 0 Å². The third kappa shape index (κ3) is 4.58. The number of fused-ring (bicyclic) bond motifs is 1. The van der Waals surface area contributed by atoms with Crippen molar-refractivity contribution < 1.29 is 18.4 Å². The third-order valence-corrected chi connectivity index (χ3v) is 5.79. The number of benzene rings is 2. The third-order valence-electron chi connectivity index (χ3n) is 5.79. The maximum absolute atomic E-state index is 13.2. The number of furan rings is 1. The van der Waals surface area contributed by atoms with Crippen molar-refractivity contribution in [1.82, 2.24) is 0 Å². The smallest absolute Gasteiger partial charge is 0.255 e. The molecule has 1 aliphatic rings. The van der Waals surface area contributed by atoms with Crippen molar-refractivity contribution in [3.05, 3.63) is 76.3 Å². The van der Waals surface area contributed by atoms with Crippen molar-refractivity contribution in [2.45, 2.75) is 26.7 Å². The Labute approximate surface area is 190 Å². The summed E-state index contributed by atoms with van der Waals surface area (Å²) in [5.74, 6) is -0.277. The number of carbonyl (C=O) groups excluding carboxylic acids is 2. The molecule has 4 rings (SSSR count). The lowest BCUT2D eigenvalue weighted by Gasteiger charge is -2.32. The van der Waals surface area contributed by atoms with Gasteiger partial charge in [0.2, 0.25) is 11.8 Å². The molecule has 0 atom stereocenters. The topological polar surface area (TPSA) is 98.4 Å². The highest BCUT2D eigenvalue weighted by Gasteiger charge is 2.24. The number of anilines is 3. The van der Waals surface area contributed by atoms with Gasteiger partial charge in [0.1, 0.15) is 23.2 Å². The fourth-order valence-electron chi connectivity index (χ4n) is 3.97. The number of aryl methyl sites for hydroxylation is 1. The number of halogens is 1. The summed E-state index contributed by atoms with van der Waals surface area (Å²) in [5.41, 5.74) is 3.85. The summed E-state index contributed by atoms with van der Waals surface area (Å²) in [6.45, 7) is 4.27. The largest absolute Gasteiger partial charge is 0.444 e. The molecule has 7 nitrogen and oxygen atoms in total. The Kier molecular flexibility index (Phi) is 6.13. The Hall–Kier alpha value is -4.12. The van der Waals surface area contributed by atoms with Crippen molar-refractivity contribution in [1.29, 1.82) is 5.26 Å². The minimum absolute atomic E-state index is 0.0754. The molecule has 8 heteroatoms. The Morgan fingerprint density at radius 2 is 1.91 bits per heavy atom. The normalized spacial score (nSPS) is 12.6. The van der Waals surface area contributed by atoms with E-state index >= 15 is 0 Å². The molecule has 3 aromatic rings. The summed E-state index contributed by atoms with van der Waals surface area (Å²) in [6, 6.07) is 13.0. The first-order valence-corrected chi connectivity index (χ1v) is 10.6. The van der Waals surface area contributed by atoms with Gasteiger partial charge in [-0.15, -0.1) is 0 Å². The quantitative estimate of drug-likeness (QED) is 0.599. The Bertz CT molecular complexity index is 1260. The maximum Gasteiger partial charge on any atom is 0.255 e. The van der Waals surface area contributed by atoms with Crippen LogP contribution >= 0.6 is 0 Å². The molecule has 0 radical (unpaired) electrons. The lowest BCUT2D eigenvalue weighted by atomic mass is 9.99. The van der Waals surface area contributed by atoms with E-state index in [1.54, 1.807) is 13.8 Å². The van der Waals surface area contributed by atoms with E-state index < -0.39 is 5.82 Å². The molecule has 33 heavy (non-hydrogen) atoms. The van der Waals surface area contributed by atoms with E-state index in [1.165, 1.54) is 24.3 Å². The summed E-state index contributed by atoms with van der Waals surface area (Å²) in [4.78, 5) is 27.3. The zero-order chi connectivity index (χ0) is 23.5. The number of carbonyl (C=O) groups is 2. The molecule has 0 fully saturated rings. The first-order chi connectivity index (χ1) is 15.9. The van der Waals surface area contributed by atoms with Gasteiger partial charge in [0.05, 0.1) is 6.54 Å². The molecule has 2 heterocycles. The monoisotopic (exact) mass is 446 g/mol. The van der Waals surface area contributed by atoms with Crippen LogP contribution < -0.4 is 15.5 Å². The summed E-state index contributed by atoms with van der Waals surface area (Å²) < 4.78 is 18.7. The predicted molar refractivity (Wildman–Crippen MR) is 123 cm³/mol. The molecule has 2 N–H and O–H groups in total. The van der Waals surface area contributed by atoms with Crippen LogP contribution in [0.4, 0.5) is 21.6 Å². The van der Waals surface area contributed by atoms with E-state index in [-0.39, 0.29) is 24.2 Å². The average molecular weight is 446 g/mol. The number of hydrogen-bond acceptors (Lipinski definition) is 5. The Morgan fingerprint density at radius 1 is 1.15 bits per heavy atom. The zero-order valence-corrected chi connectivity index (χ0v) is 18.4. The second-order valence-corrected chi connectivity index (χ2v) is 7.94. The number of hydrogen-bond donors (Lipinski definition) is 2. The summed E-state index contributed by atoms with van der Waals surface area (Å²) in [7, 11) is 0. The van der Waals surface area contributed by atoms with E-state index in [0.717, 1.165) is 24.1 Å². The van der Waals surface area contributed by atoms with Crippen LogP contribution in [-0.2, 0) is 11.2 Å². The first kappa shape index (κ1) is 22.1. The highest BCUT2D eigenvalue weighted by Crippen LogP contribution is 2.33. The van der Waals surface area contributed by atoms with Gasteiger partial charge in [0.15, 0.2) is 0 Å². The molecular formula is C25H23FN4O3. The van der Waals surface area contributed by atoms with Gasteiger partial charge in [0.25, 0.3) is 5.91 Å². The number of amides is 2. The van der Waals surface area contributed by atoms with Gasteiger partial charge in [-0.1, -0.05) is 6.07 Å². The summed E-state index contributed by atoms with van der Waals surface area (Å²) in [6.07, 6.45) is 1.56. The van der Waals surface area contributed by atoms with E-state index in [0.29, 0.717) is 34.7 Å². The second kappa shape index (κ2) is 9.17. The molecule has 2 aromatic carbocycles. The SMILES string of the molecule is Cc1oc(NC(=O)CN2CCCc3c(NC(=O)c4ccc(F)cc4)cccc32)c(C#N)c1C. The lowest BCUT2D eigenvalue weighted by Crippen LogP contribution is -2.37. The van der Waals surface area contributed by atoms with Crippen molar-refractivity contribution in [3.63, 3.8) is 0 Å². The summed E-state index contributed by atoms with van der Waals surface area (Å²) >= 11 is 0. The first-order valence-electron chi connectivity index (χ1n) is 10.6. The van der Waals surface area contributed by atoms with Crippen LogP contribution in [-0.4, -0.2) is 24.9 Å². The minimum Gasteiger partial charge on any atom is -0.444 e. The molecule has 168 valence electrons. The highest BCUT2D eigenvalue weighted by atomic mass is 19.1. The fraction of sp³-hybridized carbons (Fsp3) is 0.240. The van der Waals surface area contributed by atoms with Gasteiger partial charge in [-0.05, 0) is 68.7 Å². The van der Waals surface area contributed by atoms with Crippen molar-refractivity contribution >= 4 is 29.1 Å². The van der Waals surface area contributed by atoms with E-state index in [2.05, 4.69) is 16.7 Å². The van der Waals surface area contributed by atoms with E-state index in [4.69, 9.17) is 4.42 Å². The van der Waals surface area contributed by atoms with E-state index in [1.807, 2.05) is 23.1 Å². The van der Waals surface area contributed by atoms with Crippen molar-refractivity contribution in [3.8, 4) is 6.07 Å². The fourth-order valence-corrected chi connectivity index (χ4v) is 3.97. The standard InChI is InChI=1S/C25H23FN4O3/c1-15-16(2)33-25(20(15)13-27)29-23(31)14-30-12-4-5-19-21(6-3-7-22(19)30)28-24(32)17-8-10-18(26)11-9-17/h3,6-11H,4-5,12,14H2,1-2H3,(H,28,32)(H,29,31). The van der Waals surface area contributed by atoms with Gasteiger partial charge in [0, 0.05) is 29.0 Å². The molecule has 0 saturated heterocycles. The van der Waals surface area contributed by atoms with Crippen LogP contribution in [0.1, 0.15) is 39.2 Å². The molecule has 2 amide bonds. The predicted octanol–water partition coefficient (Wildman–Crippen LogP) is 4.55. The second-order valence-electron chi connectivity index (χ2n) is 7.94. The summed E-state index contributed by atoms with van der Waals surface area (Å²) in [5, 5.41) is 15.0. The average Bonchev–Trinajstić information content (AvgIpc) is 3.06. The number of nitriles is 1. The molecule has 1 aliphatic heterocycles. The van der Waals surface area contributed by atoms with Crippen LogP contribution in [0.25, 0.3) is 0 Å². The molecule has 0 aliphatic carbocycles. The number of rotatable bonds is 5. The number of nitrogens with zero attached hydrogens (tertiary/aromatic N) is 2. The van der Waals surface area contributed by atoms with Crippen LogP contribution in [0.2, 0.25) is 0 Å². The van der Waals surface area contributed by atoms with E-state index in [9.17, 15) is 19.2 Å². The van der Waals surface area contributed by atoms with Gasteiger partial charge in [-0.3, -0.25) is 14.9 Å². The van der Waals surface area contributed by atoms with Crippen molar-refractivity contribution in [2.24, 2.45) is 0 Å². The van der Waals surface area contributed by atoms with Gasteiger partial charge in [-0.2, -0.15) is 5.26 Å². The van der Waals surface area contributed by atoms with Gasteiger partial charge < -0.3 is 14.6 Å². The van der Waals surface area contributed by atoms with Crippen LogP contribution in [0.15, 0.2) is 46.9 Å². The molecule has 0 spiro atoms. The molecule has 0 bridgehead atoms. The maximum atomic E-state index is 13.2. The molecule has 1 aromatic heterocycles. The van der Waals surface area contributed by atoms with Gasteiger partial charge >= 0.3 is 0 Å². The molecule has 0 unspecified atom stereocenters. The van der Waals surface area contributed by atoms with Crippen LogP contribution in [0, 0.1) is 31.0 Å².